The van der Waals surface area contributed by atoms with Crippen LogP contribution in [-0.2, 0) is 20.9 Å². The lowest BCUT2D eigenvalue weighted by atomic mass is 10.1. The molecule has 0 aliphatic rings. The molecule has 0 bridgehead atoms. The monoisotopic (exact) mass is 336 g/mol. The molecule has 3 aromatic rings. The number of nitrogens with zero attached hydrogens (tertiary/aromatic N) is 1. The molecular formula is C20H17NO4. The van der Waals surface area contributed by atoms with Crippen LogP contribution < -0.4 is 0 Å². The minimum atomic E-state index is -0.533. The maximum atomic E-state index is 12.5. The summed E-state index contributed by atoms with van der Waals surface area (Å²) in [4.78, 5) is 23.8. The molecule has 126 valence electrons. The fraction of sp³-hybridized carbons (Fsp3) is 0.100. The molecule has 0 atom stereocenters. The fourth-order valence-corrected chi connectivity index (χ4v) is 2.44. The van der Waals surface area contributed by atoms with Gasteiger partial charge in [-0.05, 0) is 17.7 Å². The van der Waals surface area contributed by atoms with Gasteiger partial charge in [0.2, 0.25) is 0 Å². The summed E-state index contributed by atoms with van der Waals surface area (Å²) in [5.74, 6) is -0.500. The van der Waals surface area contributed by atoms with Crippen molar-refractivity contribution in [2.45, 2.75) is 6.61 Å². The maximum Gasteiger partial charge on any atom is 0.418 e. The predicted molar refractivity (Wildman–Crippen MR) is 95.0 cm³/mol. The first kappa shape index (κ1) is 15.2. The lowest BCUT2D eigenvalue weighted by molar-refractivity contribution is -0.134. The number of carbonyl (C=O) groups is 2. The molecule has 0 radical (unpaired) electrons. The Hall–Kier alpha value is -3.34. The van der Waals surface area contributed by atoms with Crippen molar-refractivity contribution in [3.8, 4) is 0 Å². The Kier molecular flexibility index (Phi) is 4.55. The van der Waals surface area contributed by atoms with E-state index in [-0.39, 0.29) is 6.61 Å². The molecule has 0 saturated heterocycles. The van der Waals surface area contributed by atoms with Gasteiger partial charge in [0.25, 0.3) is 0 Å². The number of esters is 1. The van der Waals surface area contributed by atoms with Crippen molar-refractivity contribution in [1.82, 2.24) is 4.57 Å². The Balaban J connectivity index is 1.91. The minimum Gasteiger partial charge on any atom is -0.466 e. The van der Waals surface area contributed by atoms with Gasteiger partial charge in [-0.15, -0.1) is 0 Å². The van der Waals surface area contributed by atoms with Crippen LogP contribution in [0.25, 0.3) is 17.0 Å². The van der Waals surface area contributed by atoms with Gasteiger partial charge in [0.15, 0.2) is 0 Å². The van der Waals surface area contributed by atoms with E-state index in [1.165, 1.54) is 17.8 Å². The maximum absolute atomic E-state index is 12.5. The summed E-state index contributed by atoms with van der Waals surface area (Å²) in [6, 6.07) is 14.6. The summed E-state index contributed by atoms with van der Waals surface area (Å²) in [6.45, 7) is 0.156. The van der Waals surface area contributed by atoms with Crippen LogP contribution in [0.4, 0.5) is 4.79 Å². The van der Waals surface area contributed by atoms with E-state index in [0.717, 1.165) is 5.56 Å². The molecule has 0 spiro atoms. The third kappa shape index (κ3) is 3.77. The first-order chi connectivity index (χ1) is 12.6. The number of aromatic nitrogens is 1. The summed E-state index contributed by atoms with van der Waals surface area (Å²) in [5, 5.41) is 0.675. The predicted octanol–water partition coefficient (Wildman–Crippen LogP) is 4.01. The third-order valence-electron chi connectivity index (χ3n) is 3.68. The Morgan fingerprint density at radius 1 is 1.16 bits per heavy atom. The summed E-state index contributed by atoms with van der Waals surface area (Å²) >= 11 is 0. The molecule has 0 aliphatic carbocycles. The third-order valence-corrected chi connectivity index (χ3v) is 3.68. The molecule has 3 rings (SSSR count). The lowest BCUT2D eigenvalue weighted by Gasteiger charge is -2.06. The minimum absolute atomic E-state index is 0.156. The normalized spacial score (nSPS) is 11.5. The molecule has 5 nitrogen and oxygen atoms in total. The van der Waals surface area contributed by atoms with Gasteiger partial charge < -0.3 is 9.47 Å². The number of hydrogen-bond acceptors (Lipinski definition) is 4. The number of rotatable bonds is 4. The molecule has 5 heteroatoms. The van der Waals surface area contributed by atoms with E-state index in [9.17, 15) is 9.59 Å². The van der Waals surface area contributed by atoms with E-state index in [4.69, 9.17) is 6.11 Å². The molecule has 0 fully saturated rings. The molecule has 25 heavy (non-hydrogen) atoms. The molecule has 0 amide bonds. The zero-order valence-electron chi connectivity index (χ0n) is 14.6. The van der Waals surface area contributed by atoms with E-state index >= 15 is 0 Å². The van der Waals surface area contributed by atoms with Gasteiger partial charge in [0.05, 0.1) is 14.0 Å². The molecule has 0 saturated carbocycles. The molecule has 2 aromatic carbocycles. The van der Waals surface area contributed by atoms with Crippen molar-refractivity contribution in [1.29, 1.82) is 0 Å². The summed E-state index contributed by atoms with van der Waals surface area (Å²) in [5.41, 5.74) is 2.11. The van der Waals surface area contributed by atoms with Crippen LogP contribution in [0.5, 0.6) is 0 Å². The zero-order chi connectivity index (χ0) is 18.5. The van der Waals surface area contributed by atoms with Gasteiger partial charge >= 0.3 is 12.1 Å². The first-order valence-corrected chi connectivity index (χ1v) is 7.67. The number of ether oxygens (including phenoxy) is 2. The number of fused-ring (bicyclic) bond motifs is 1. The topological polar surface area (TPSA) is 57.5 Å². The number of carbonyl (C=O) groups excluding carboxylic acids is 2. The van der Waals surface area contributed by atoms with Gasteiger partial charge in [0, 0.05) is 23.2 Å². The van der Waals surface area contributed by atoms with Crippen LogP contribution in [0, 0.1) is 0 Å². The fourth-order valence-electron chi connectivity index (χ4n) is 2.44. The van der Waals surface area contributed by atoms with Crippen molar-refractivity contribution in [2.24, 2.45) is 0 Å². The Labute approximate surface area is 146 Å². The van der Waals surface area contributed by atoms with Crippen LogP contribution in [-0.4, -0.2) is 23.7 Å². The van der Waals surface area contributed by atoms with Crippen LogP contribution >= 0.6 is 0 Å². The van der Waals surface area contributed by atoms with E-state index in [1.807, 2.05) is 30.3 Å². The largest absolute Gasteiger partial charge is 0.466 e. The van der Waals surface area contributed by atoms with Gasteiger partial charge in [-0.25, -0.2) is 9.59 Å². The van der Waals surface area contributed by atoms with Crippen LogP contribution in [0.15, 0.2) is 66.8 Å². The molecular weight excluding hydrogens is 318 g/mol. The van der Waals surface area contributed by atoms with Gasteiger partial charge in [-0.2, -0.15) is 0 Å². The summed E-state index contributed by atoms with van der Waals surface area (Å²) in [7, 11) is 1.29. The standard InChI is InChI=1S/C20H17NO4/c1-24-19(22)12-11-16-13-21(18-10-6-5-9-17(16)18)20(23)25-14-15-7-3-2-4-8-15/h2-13H,14H2,1H3/b12-11+/i5D. The zero-order valence-corrected chi connectivity index (χ0v) is 13.6. The van der Waals surface area contributed by atoms with Crippen LogP contribution in [0.1, 0.15) is 12.5 Å². The van der Waals surface area contributed by atoms with Gasteiger partial charge in [-0.3, -0.25) is 4.57 Å². The van der Waals surface area contributed by atoms with E-state index in [2.05, 4.69) is 4.74 Å². The second-order valence-electron chi connectivity index (χ2n) is 5.29. The number of benzene rings is 2. The average Bonchev–Trinajstić information content (AvgIpc) is 3.02. The molecule has 0 unspecified atom stereocenters. The summed E-state index contributed by atoms with van der Waals surface area (Å²) < 4.78 is 19.1. The van der Waals surface area contributed by atoms with Crippen LogP contribution in [0.3, 0.4) is 0 Å². The Bertz CT molecular complexity index is 976. The number of hydrogen-bond donors (Lipinski definition) is 0. The molecule has 0 N–H and O–H groups in total. The van der Waals surface area contributed by atoms with Crippen LogP contribution in [0.2, 0.25) is 0 Å². The van der Waals surface area contributed by atoms with E-state index in [1.54, 1.807) is 30.5 Å². The van der Waals surface area contributed by atoms with Gasteiger partial charge in [0.1, 0.15) is 6.61 Å². The van der Waals surface area contributed by atoms with Crippen molar-refractivity contribution in [2.75, 3.05) is 7.11 Å². The second-order valence-corrected chi connectivity index (χ2v) is 5.29. The Morgan fingerprint density at radius 3 is 2.72 bits per heavy atom. The van der Waals surface area contributed by atoms with Crippen molar-refractivity contribution in [3.05, 3.63) is 78.0 Å². The number of methoxy groups -OCH3 is 1. The molecule has 1 aromatic heterocycles. The molecule has 0 aliphatic heterocycles. The Morgan fingerprint density at radius 2 is 1.96 bits per heavy atom. The second kappa shape index (κ2) is 7.49. The first-order valence-electron chi connectivity index (χ1n) is 8.17. The van der Waals surface area contributed by atoms with E-state index < -0.39 is 12.1 Å². The van der Waals surface area contributed by atoms with Crippen molar-refractivity contribution < 1.29 is 20.4 Å². The quantitative estimate of drug-likeness (QED) is 0.533. The van der Waals surface area contributed by atoms with Gasteiger partial charge in [-0.1, -0.05) is 48.5 Å². The highest BCUT2D eigenvalue weighted by molar-refractivity contribution is 5.98. The molecule has 1 heterocycles. The highest BCUT2D eigenvalue weighted by Gasteiger charge is 2.13. The average molecular weight is 336 g/mol. The van der Waals surface area contributed by atoms with E-state index in [0.29, 0.717) is 22.5 Å². The summed E-state index contributed by atoms with van der Waals surface area (Å²) in [6.07, 6.45) is 3.87. The highest BCUT2D eigenvalue weighted by Crippen LogP contribution is 2.23. The lowest BCUT2D eigenvalue weighted by Crippen LogP contribution is -2.12. The SMILES string of the molecule is [2H]c1ccc2c(c1)c(/C=C/C(=O)OC)cn2C(=O)OCc1ccccc1. The highest BCUT2D eigenvalue weighted by atomic mass is 16.5. The van der Waals surface area contributed by atoms with Crippen molar-refractivity contribution >= 4 is 29.0 Å². The number of para-hydroxylation sites is 1. The smallest absolute Gasteiger partial charge is 0.418 e. The van der Waals surface area contributed by atoms with Crippen molar-refractivity contribution in [3.63, 3.8) is 0 Å².